The number of aromatic nitrogens is 5. The first kappa shape index (κ1) is 15.1. The van der Waals surface area contributed by atoms with Crippen molar-refractivity contribution in [2.24, 2.45) is 11.8 Å². The van der Waals surface area contributed by atoms with Crippen molar-refractivity contribution in [1.29, 1.82) is 0 Å². The maximum atomic E-state index is 5.32. The van der Waals surface area contributed by atoms with Gasteiger partial charge in [0, 0.05) is 19.5 Å². The molecule has 0 aliphatic carbocycles. The zero-order valence-corrected chi connectivity index (χ0v) is 13.4. The molecule has 1 aliphatic rings. The Bertz CT molecular complexity index is 564. The van der Waals surface area contributed by atoms with E-state index in [0.29, 0.717) is 11.8 Å². The zero-order chi connectivity index (χ0) is 15.4. The molecule has 0 spiro atoms. The van der Waals surface area contributed by atoms with Gasteiger partial charge in [-0.1, -0.05) is 19.0 Å². The third-order valence-corrected chi connectivity index (χ3v) is 3.97. The van der Waals surface area contributed by atoms with E-state index < -0.39 is 0 Å². The fourth-order valence-electron chi connectivity index (χ4n) is 3.02. The van der Waals surface area contributed by atoms with Gasteiger partial charge in [-0.2, -0.15) is 10.1 Å². The minimum Gasteiger partial charge on any atom is -0.339 e. The normalized spacial score (nSPS) is 19.9. The van der Waals surface area contributed by atoms with Gasteiger partial charge in [0.1, 0.15) is 12.7 Å². The minimum absolute atomic E-state index is 0.537. The smallest absolute Gasteiger partial charge is 0.226 e. The molecule has 7 nitrogen and oxygen atoms in total. The van der Waals surface area contributed by atoms with Gasteiger partial charge in [0.15, 0.2) is 5.82 Å². The highest BCUT2D eigenvalue weighted by Crippen LogP contribution is 2.19. The van der Waals surface area contributed by atoms with E-state index in [4.69, 9.17) is 4.52 Å². The number of hydrogen-bond acceptors (Lipinski definition) is 6. The third-order valence-electron chi connectivity index (χ3n) is 3.97. The molecule has 0 saturated carbocycles. The Morgan fingerprint density at radius 3 is 3.09 bits per heavy atom. The van der Waals surface area contributed by atoms with Crippen LogP contribution >= 0.6 is 0 Å². The number of likely N-dealkylation sites (tertiary alicyclic amines) is 1. The lowest BCUT2D eigenvalue weighted by Gasteiger charge is -2.31. The molecule has 1 fully saturated rings. The Kier molecular flexibility index (Phi) is 4.82. The first-order valence-corrected chi connectivity index (χ1v) is 8.05. The van der Waals surface area contributed by atoms with Crippen molar-refractivity contribution < 1.29 is 4.52 Å². The molecule has 2 aromatic rings. The second kappa shape index (κ2) is 7.00. The van der Waals surface area contributed by atoms with Crippen LogP contribution in [-0.2, 0) is 19.5 Å². The molecule has 0 N–H and O–H groups in total. The van der Waals surface area contributed by atoms with Crippen molar-refractivity contribution in [3.05, 3.63) is 24.4 Å². The largest absolute Gasteiger partial charge is 0.339 e. The SMILES string of the molecule is CC(C)Cc1nc(CN2CCC[C@H](Cn3cncn3)C2)no1. The van der Waals surface area contributed by atoms with Crippen molar-refractivity contribution in [2.45, 2.75) is 46.2 Å². The molecule has 120 valence electrons. The van der Waals surface area contributed by atoms with Crippen molar-refractivity contribution in [2.75, 3.05) is 13.1 Å². The van der Waals surface area contributed by atoms with Crippen molar-refractivity contribution in [3.8, 4) is 0 Å². The van der Waals surface area contributed by atoms with Crippen molar-refractivity contribution >= 4 is 0 Å². The van der Waals surface area contributed by atoms with Crippen LogP contribution in [0, 0.1) is 11.8 Å². The van der Waals surface area contributed by atoms with Crippen LogP contribution in [-0.4, -0.2) is 42.9 Å². The Balaban J connectivity index is 1.52. The number of hydrogen-bond donors (Lipinski definition) is 0. The predicted octanol–water partition coefficient (Wildman–Crippen LogP) is 1.77. The fraction of sp³-hybridized carbons (Fsp3) is 0.733. The van der Waals surface area contributed by atoms with Crippen LogP contribution in [0.2, 0.25) is 0 Å². The fourth-order valence-corrected chi connectivity index (χ4v) is 3.02. The van der Waals surface area contributed by atoms with Crippen LogP contribution in [0.1, 0.15) is 38.4 Å². The van der Waals surface area contributed by atoms with E-state index in [1.807, 2.05) is 4.68 Å². The molecular weight excluding hydrogens is 280 g/mol. The lowest BCUT2D eigenvalue weighted by molar-refractivity contribution is 0.149. The molecular formula is C15H24N6O. The quantitative estimate of drug-likeness (QED) is 0.810. The molecule has 0 bridgehead atoms. The summed E-state index contributed by atoms with van der Waals surface area (Å²) in [5, 5.41) is 8.31. The first-order chi connectivity index (χ1) is 10.7. The average Bonchev–Trinajstić information content (AvgIpc) is 3.11. The van der Waals surface area contributed by atoms with Crippen LogP contribution in [0.4, 0.5) is 0 Å². The molecule has 2 aromatic heterocycles. The molecule has 0 radical (unpaired) electrons. The number of rotatable bonds is 6. The van der Waals surface area contributed by atoms with Crippen LogP contribution in [0.5, 0.6) is 0 Å². The molecule has 0 amide bonds. The molecule has 22 heavy (non-hydrogen) atoms. The summed E-state index contributed by atoms with van der Waals surface area (Å²) >= 11 is 0. The monoisotopic (exact) mass is 304 g/mol. The van der Waals surface area contributed by atoms with Gasteiger partial charge in [-0.25, -0.2) is 4.98 Å². The van der Waals surface area contributed by atoms with Crippen LogP contribution in [0.3, 0.4) is 0 Å². The summed E-state index contributed by atoms with van der Waals surface area (Å²) in [7, 11) is 0. The maximum Gasteiger partial charge on any atom is 0.226 e. The second-order valence-corrected chi connectivity index (χ2v) is 6.56. The lowest BCUT2D eigenvalue weighted by Crippen LogP contribution is -2.36. The predicted molar refractivity (Wildman–Crippen MR) is 80.9 cm³/mol. The Morgan fingerprint density at radius 1 is 1.41 bits per heavy atom. The van der Waals surface area contributed by atoms with Gasteiger partial charge >= 0.3 is 0 Å². The summed E-state index contributed by atoms with van der Waals surface area (Å²) in [5.41, 5.74) is 0. The Hall–Kier alpha value is -1.76. The molecule has 1 aliphatic heterocycles. The standard InChI is InChI=1S/C15H24N6O/c1-12(2)6-15-18-14(19-22-15)9-20-5-3-4-13(7-20)8-21-11-16-10-17-21/h10-13H,3-9H2,1-2H3/t13-/m0/s1. The summed E-state index contributed by atoms with van der Waals surface area (Å²) in [6.07, 6.45) is 6.67. The zero-order valence-electron chi connectivity index (χ0n) is 13.4. The highest BCUT2D eigenvalue weighted by molar-refractivity contribution is 4.88. The number of piperidine rings is 1. The number of nitrogens with zero attached hydrogens (tertiary/aromatic N) is 6. The average molecular weight is 304 g/mol. The van der Waals surface area contributed by atoms with Gasteiger partial charge in [0.25, 0.3) is 0 Å². The van der Waals surface area contributed by atoms with Crippen molar-refractivity contribution in [1.82, 2.24) is 29.8 Å². The Morgan fingerprint density at radius 2 is 2.32 bits per heavy atom. The minimum atomic E-state index is 0.537. The van der Waals surface area contributed by atoms with E-state index in [2.05, 4.69) is 39.0 Å². The molecule has 3 heterocycles. The summed E-state index contributed by atoms with van der Waals surface area (Å²) in [5.74, 6) is 2.70. The Labute approximate surface area is 130 Å². The molecule has 0 aromatic carbocycles. The summed E-state index contributed by atoms with van der Waals surface area (Å²) in [6.45, 7) is 8.17. The first-order valence-electron chi connectivity index (χ1n) is 8.05. The molecule has 7 heteroatoms. The summed E-state index contributed by atoms with van der Waals surface area (Å²) < 4.78 is 7.24. The van der Waals surface area contributed by atoms with E-state index in [1.54, 1.807) is 12.7 Å². The van der Waals surface area contributed by atoms with E-state index in [-0.39, 0.29) is 0 Å². The summed E-state index contributed by atoms with van der Waals surface area (Å²) in [4.78, 5) is 10.9. The van der Waals surface area contributed by atoms with E-state index in [1.165, 1.54) is 12.8 Å². The second-order valence-electron chi connectivity index (χ2n) is 6.56. The lowest BCUT2D eigenvalue weighted by atomic mass is 9.98. The molecule has 1 saturated heterocycles. The third kappa shape index (κ3) is 4.13. The molecule has 3 rings (SSSR count). The van der Waals surface area contributed by atoms with Gasteiger partial charge in [-0.05, 0) is 31.2 Å². The molecule has 1 atom stereocenters. The van der Waals surface area contributed by atoms with Gasteiger partial charge in [0.05, 0.1) is 6.54 Å². The highest BCUT2D eigenvalue weighted by Gasteiger charge is 2.22. The van der Waals surface area contributed by atoms with Gasteiger partial charge in [-0.3, -0.25) is 9.58 Å². The van der Waals surface area contributed by atoms with Gasteiger partial charge in [0.2, 0.25) is 5.89 Å². The maximum absolute atomic E-state index is 5.32. The topological polar surface area (TPSA) is 72.9 Å². The van der Waals surface area contributed by atoms with Gasteiger partial charge < -0.3 is 4.52 Å². The van der Waals surface area contributed by atoms with E-state index in [9.17, 15) is 0 Å². The van der Waals surface area contributed by atoms with Crippen LogP contribution in [0.25, 0.3) is 0 Å². The van der Waals surface area contributed by atoms with E-state index in [0.717, 1.165) is 44.3 Å². The van der Waals surface area contributed by atoms with Crippen LogP contribution < -0.4 is 0 Å². The van der Waals surface area contributed by atoms with E-state index >= 15 is 0 Å². The highest BCUT2D eigenvalue weighted by atomic mass is 16.5. The van der Waals surface area contributed by atoms with Crippen molar-refractivity contribution in [3.63, 3.8) is 0 Å². The van der Waals surface area contributed by atoms with Gasteiger partial charge in [-0.15, -0.1) is 0 Å². The molecule has 0 unspecified atom stereocenters. The van der Waals surface area contributed by atoms with Crippen LogP contribution in [0.15, 0.2) is 17.2 Å². The summed E-state index contributed by atoms with van der Waals surface area (Å²) in [6, 6.07) is 0.